The van der Waals surface area contributed by atoms with Crippen molar-refractivity contribution in [3.63, 3.8) is 0 Å². The summed E-state index contributed by atoms with van der Waals surface area (Å²) in [5.41, 5.74) is 2.28. The Kier molecular flexibility index (Phi) is 10.1. The van der Waals surface area contributed by atoms with Crippen LogP contribution in [0.25, 0.3) is 0 Å². The molecule has 1 N–H and O–H groups in total. The summed E-state index contributed by atoms with van der Waals surface area (Å²) in [4.78, 5) is 28.4. The lowest BCUT2D eigenvalue weighted by Gasteiger charge is -2.32. The van der Waals surface area contributed by atoms with Gasteiger partial charge in [-0.1, -0.05) is 81.4 Å². The van der Waals surface area contributed by atoms with E-state index in [0.29, 0.717) is 12.2 Å². The van der Waals surface area contributed by atoms with Crippen LogP contribution in [-0.2, 0) is 32.6 Å². The SMILES string of the molecule is CCc1ccc(N(CC(=O)N(Cc2ccccc2)C(C)C(=O)NCC(C)C)S(=O)(=O)c2ccccc2)cc1. The van der Waals surface area contributed by atoms with Crippen molar-refractivity contribution in [1.82, 2.24) is 10.2 Å². The highest BCUT2D eigenvalue weighted by molar-refractivity contribution is 7.92. The van der Waals surface area contributed by atoms with E-state index < -0.39 is 28.5 Å². The van der Waals surface area contributed by atoms with E-state index in [1.165, 1.54) is 17.0 Å². The molecule has 0 aliphatic heterocycles. The maximum absolute atomic E-state index is 13.9. The van der Waals surface area contributed by atoms with E-state index in [1.54, 1.807) is 37.3 Å². The molecule has 3 aromatic carbocycles. The predicted molar refractivity (Wildman–Crippen MR) is 151 cm³/mol. The van der Waals surface area contributed by atoms with Gasteiger partial charge in [0.2, 0.25) is 11.8 Å². The van der Waals surface area contributed by atoms with Gasteiger partial charge in [-0.3, -0.25) is 13.9 Å². The Morgan fingerprint density at radius 2 is 1.39 bits per heavy atom. The second-order valence-corrected chi connectivity index (χ2v) is 11.5. The van der Waals surface area contributed by atoms with Crippen LogP contribution < -0.4 is 9.62 Å². The number of sulfonamides is 1. The quantitative estimate of drug-likeness (QED) is 0.366. The molecular formula is C30H37N3O4S. The predicted octanol–water partition coefficient (Wildman–Crippen LogP) is 4.63. The number of rotatable bonds is 12. The van der Waals surface area contributed by atoms with Crippen molar-refractivity contribution in [1.29, 1.82) is 0 Å². The number of amides is 2. The Labute approximate surface area is 226 Å². The van der Waals surface area contributed by atoms with Crippen molar-refractivity contribution in [3.05, 3.63) is 96.1 Å². The van der Waals surface area contributed by atoms with E-state index in [0.717, 1.165) is 21.9 Å². The molecule has 0 aliphatic rings. The normalized spacial score (nSPS) is 12.1. The van der Waals surface area contributed by atoms with E-state index >= 15 is 0 Å². The number of nitrogens with zero attached hydrogens (tertiary/aromatic N) is 2. The van der Waals surface area contributed by atoms with E-state index in [9.17, 15) is 18.0 Å². The van der Waals surface area contributed by atoms with Crippen molar-refractivity contribution in [3.8, 4) is 0 Å². The van der Waals surface area contributed by atoms with Crippen LogP contribution in [0, 0.1) is 5.92 Å². The van der Waals surface area contributed by atoms with Crippen LogP contribution >= 0.6 is 0 Å². The second-order valence-electron chi connectivity index (χ2n) is 9.67. The topological polar surface area (TPSA) is 86.8 Å². The fourth-order valence-corrected chi connectivity index (χ4v) is 5.40. The summed E-state index contributed by atoms with van der Waals surface area (Å²) in [6.45, 7) is 7.88. The first-order valence-corrected chi connectivity index (χ1v) is 14.3. The molecule has 0 aliphatic carbocycles. The van der Waals surface area contributed by atoms with Gasteiger partial charge in [0.15, 0.2) is 0 Å². The summed E-state index contributed by atoms with van der Waals surface area (Å²) >= 11 is 0. The third-order valence-electron chi connectivity index (χ3n) is 6.29. The van der Waals surface area contributed by atoms with Gasteiger partial charge < -0.3 is 10.2 Å². The molecule has 8 heteroatoms. The summed E-state index contributed by atoms with van der Waals surface area (Å²) in [6, 6.07) is 23.8. The van der Waals surface area contributed by atoms with Crippen molar-refractivity contribution in [2.24, 2.45) is 5.92 Å². The van der Waals surface area contributed by atoms with Crippen LogP contribution in [0.4, 0.5) is 5.69 Å². The second kappa shape index (κ2) is 13.2. The molecule has 0 saturated heterocycles. The maximum atomic E-state index is 13.9. The minimum Gasteiger partial charge on any atom is -0.354 e. The zero-order chi connectivity index (χ0) is 27.7. The van der Waals surface area contributed by atoms with Crippen LogP contribution in [0.15, 0.2) is 89.8 Å². The standard InChI is InChI=1S/C30H37N3O4S/c1-5-25-16-18-27(19-17-25)33(38(36,37)28-14-10-7-11-15-28)22-29(34)32(21-26-12-8-6-9-13-26)24(4)30(35)31-20-23(2)3/h6-19,23-24H,5,20-22H2,1-4H3,(H,31,35). The molecule has 3 aromatic rings. The van der Waals surface area contributed by atoms with Crippen molar-refractivity contribution >= 4 is 27.5 Å². The number of nitrogens with one attached hydrogen (secondary N) is 1. The Hall–Kier alpha value is -3.65. The molecule has 0 fully saturated rings. The molecule has 0 spiro atoms. The molecule has 1 unspecified atom stereocenters. The van der Waals surface area contributed by atoms with Crippen molar-refractivity contribution in [2.45, 2.75) is 51.6 Å². The lowest BCUT2D eigenvalue weighted by atomic mass is 10.1. The molecule has 7 nitrogen and oxygen atoms in total. The number of carbonyl (C=O) groups excluding carboxylic acids is 2. The first-order valence-electron chi connectivity index (χ1n) is 12.9. The van der Waals surface area contributed by atoms with E-state index in [4.69, 9.17) is 0 Å². The number of hydrogen-bond donors (Lipinski definition) is 1. The van der Waals surface area contributed by atoms with Gasteiger partial charge in [-0.15, -0.1) is 0 Å². The Bertz CT molecular complexity index is 1290. The van der Waals surface area contributed by atoms with Gasteiger partial charge in [0.05, 0.1) is 10.6 Å². The van der Waals surface area contributed by atoms with E-state index in [-0.39, 0.29) is 23.3 Å². The average molecular weight is 536 g/mol. The van der Waals surface area contributed by atoms with E-state index in [1.807, 2.05) is 63.2 Å². The molecule has 0 radical (unpaired) electrons. The van der Waals surface area contributed by atoms with Crippen LogP contribution in [0.5, 0.6) is 0 Å². The fraction of sp³-hybridized carbons (Fsp3) is 0.333. The van der Waals surface area contributed by atoms with Crippen LogP contribution in [0.1, 0.15) is 38.8 Å². The molecule has 3 rings (SSSR count). The minimum absolute atomic E-state index is 0.0877. The fourth-order valence-electron chi connectivity index (χ4n) is 3.96. The highest BCUT2D eigenvalue weighted by Gasteiger charge is 2.32. The Balaban J connectivity index is 1.98. The lowest BCUT2D eigenvalue weighted by Crippen LogP contribution is -2.51. The summed E-state index contributed by atoms with van der Waals surface area (Å²) in [5.74, 6) is -0.505. The number of aryl methyl sites for hydroxylation is 1. The highest BCUT2D eigenvalue weighted by Crippen LogP contribution is 2.25. The molecule has 38 heavy (non-hydrogen) atoms. The third-order valence-corrected chi connectivity index (χ3v) is 8.08. The molecule has 2 amide bonds. The van der Waals surface area contributed by atoms with Crippen molar-refractivity contribution < 1.29 is 18.0 Å². The summed E-state index contributed by atoms with van der Waals surface area (Å²) in [7, 11) is -4.06. The molecule has 1 atom stereocenters. The number of anilines is 1. The number of hydrogen-bond acceptors (Lipinski definition) is 4. The summed E-state index contributed by atoms with van der Waals surface area (Å²) in [6.07, 6.45) is 0.804. The first kappa shape index (κ1) is 28.9. The van der Waals surface area contributed by atoms with E-state index in [2.05, 4.69) is 5.32 Å². The smallest absolute Gasteiger partial charge is 0.264 e. The zero-order valence-electron chi connectivity index (χ0n) is 22.5. The molecule has 0 saturated carbocycles. The monoisotopic (exact) mass is 535 g/mol. The molecule has 202 valence electrons. The molecule has 0 heterocycles. The number of carbonyl (C=O) groups is 2. The van der Waals surface area contributed by atoms with Gasteiger partial charge in [0.1, 0.15) is 12.6 Å². The first-order chi connectivity index (χ1) is 18.1. The van der Waals surface area contributed by atoms with Crippen LogP contribution in [0.3, 0.4) is 0 Å². The largest absolute Gasteiger partial charge is 0.354 e. The third kappa shape index (κ3) is 7.44. The Morgan fingerprint density at radius 1 is 0.816 bits per heavy atom. The van der Waals surface area contributed by atoms with Crippen molar-refractivity contribution in [2.75, 3.05) is 17.4 Å². The molecule has 0 bridgehead atoms. The van der Waals surface area contributed by atoms with Gasteiger partial charge >= 0.3 is 0 Å². The molecular weight excluding hydrogens is 498 g/mol. The summed E-state index contributed by atoms with van der Waals surface area (Å²) in [5, 5.41) is 2.89. The highest BCUT2D eigenvalue weighted by atomic mass is 32.2. The molecule has 0 aromatic heterocycles. The average Bonchev–Trinajstić information content (AvgIpc) is 2.93. The number of benzene rings is 3. The lowest BCUT2D eigenvalue weighted by molar-refractivity contribution is -0.139. The van der Waals surface area contributed by atoms with Gasteiger partial charge in [0, 0.05) is 13.1 Å². The van der Waals surface area contributed by atoms with Gasteiger partial charge in [0.25, 0.3) is 10.0 Å². The van der Waals surface area contributed by atoms with Gasteiger partial charge in [-0.2, -0.15) is 0 Å². The summed E-state index contributed by atoms with van der Waals surface area (Å²) < 4.78 is 28.6. The maximum Gasteiger partial charge on any atom is 0.264 e. The Morgan fingerprint density at radius 3 is 1.95 bits per heavy atom. The minimum atomic E-state index is -4.06. The zero-order valence-corrected chi connectivity index (χ0v) is 23.3. The van der Waals surface area contributed by atoms with Gasteiger partial charge in [-0.25, -0.2) is 8.42 Å². The van der Waals surface area contributed by atoms with Crippen LogP contribution in [-0.4, -0.2) is 44.3 Å². The van der Waals surface area contributed by atoms with Crippen LogP contribution in [0.2, 0.25) is 0 Å². The van der Waals surface area contributed by atoms with Gasteiger partial charge in [-0.05, 0) is 54.7 Å².